The van der Waals surface area contributed by atoms with E-state index in [4.69, 9.17) is 4.74 Å². The summed E-state index contributed by atoms with van der Waals surface area (Å²) in [5, 5.41) is 11.3. The van der Waals surface area contributed by atoms with Crippen molar-refractivity contribution in [3.05, 3.63) is 78.1 Å². The number of benzene rings is 2. The number of halogens is 2. The van der Waals surface area contributed by atoms with Crippen LogP contribution in [-0.2, 0) is 17.9 Å². The van der Waals surface area contributed by atoms with Gasteiger partial charge < -0.3 is 10.1 Å². The number of rotatable bonds is 9. The highest BCUT2D eigenvalue weighted by atomic mass is 32.2. The van der Waals surface area contributed by atoms with Crippen LogP contribution in [0, 0.1) is 18.6 Å². The number of thioether (sulfide) groups is 1. The molecule has 9 heteroatoms. The van der Waals surface area contributed by atoms with E-state index in [1.807, 2.05) is 0 Å². The second-order valence-electron chi connectivity index (χ2n) is 6.32. The molecule has 0 spiro atoms. The first-order valence-corrected chi connectivity index (χ1v) is 10.1. The lowest BCUT2D eigenvalue weighted by Crippen LogP contribution is -2.15. The van der Waals surface area contributed by atoms with Crippen molar-refractivity contribution in [3.63, 3.8) is 0 Å². The van der Waals surface area contributed by atoms with E-state index in [1.54, 1.807) is 41.8 Å². The Balaban J connectivity index is 1.62. The van der Waals surface area contributed by atoms with Crippen LogP contribution in [0.5, 0.6) is 5.75 Å². The standard InChI is InChI=1S/C21H20F2N4O2S/c1-3-10-27-19(12-29-18-7-5-4-6-16(18)22)25-26-21(27)30-13-20(28)24-15-9-8-14(2)17(23)11-15/h3-9,11H,1,10,12-13H2,2H3,(H,24,28). The SMILES string of the molecule is C=CCn1c(COc2ccccc2F)nnc1SCC(=O)Nc1ccc(C)c(F)c1. The number of carbonyl (C=O) groups excluding carboxylic acids is 1. The summed E-state index contributed by atoms with van der Waals surface area (Å²) in [4.78, 5) is 12.2. The number of hydrogen-bond acceptors (Lipinski definition) is 5. The average Bonchev–Trinajstić information content (AvgIpc) is 3.10. The van der Waals surface area contributed by atoms with Crippen molar-refractivity contribution in [2.24, 2.45) is 0 Å². The van der Waals surface area contributed by atoms with E-state index < -0.39 is 5.82 Å². The van der Waals surface area contributed by atoms with Crippen molar-refractivity contribution in [1.82, 2.24) is 14.8 Å². The molecule has 1 amide bonds. The zero-order chi connectivity index (χ0) is 21.5. The van der Waals surface area contributed by atoms with Crippen LogP contribution in [0.2, 0.25) is 0 Å². The number of anilines is 1. The summed E-state index contributed by atoms with van der Waals surface area (Å²) in [7, 11) is 0. The molecule has 1 aromatic heterocycles. The van der Waals surface area contributed by atoms with Gasteiger partial charge in [0.1, 0.15) is 12.4 Å². The normalized spacial score (nSPS) is 10.6. The Morgan fingerprint density at radius 1 is 1.23 bits per heavy atom. The van der Waals surface area contributed by atoms with Gasteiger partial charge in [0.25, 0.3) is 0 Å². The van der Waals surface area contributed by atoms with Gasteiger partial charge in [0.05, 0.1) is 5.75 Å². The molecule has 0 saturated carbocycles. The van der Waals surface area contributed by atoms with Gasteiger partial charge in [-0.25, -0.2) is 8.78 Å². The molecule has 0 aliphatic heterocycles. The zero-order valence-electron chi connectivity index (χ0n) is 16.3. The molecule has 0 radical (unpaired) electrons. The molecule has 3 rings (SSSR count). The predicted molar refractivity (Wildman–Crippen MR) is 111 cm³/mol. The third-order valence-corrected chi connectivity index (χ3v) is 5.05. The molecule has 30 heavy (non-hydrogen) atoms. The van der Waals surface area contributed by atoms with E-state index in [2.05, 4.69) is 22.1 Å². The topological polar surface area (TPSA) is 69.0 Å². The molecule has 0 fully saturated rings. The van der Waals surface area contributed by atoms with Gasteiger partial charge >= 0.3 is 0 Å². The molecule has 0 saturated heterocycles. The highest BCUT2D eigenvalue weighted by Gasteiger charge is 2.15. The first kappa shape index (κ1) is 21.5. The Kier molecular flexibility index (Phi) is 7.18. The quantitative estimate of drug-likeness (QED) is 0.404. The number of nitrogens with zero attached hydrogens (tertiary/aromatic N) is 3. The Labute approximate surface area is 177 Å². The smallest absolute Gasteiger partial charge is 0.234 e. The fourth-order valence-corrected chi connectivity index (χ4v) is 3.31. The van der Waals surface area contributed by atoms with Gasteiger partial charge in [0.15, 0.2) is 22.5 Å². The summed E-state index contributed by atoms with van der Waals surface area (Å²) >= 11 is 1.17. The van der Waals surface area contributed by atoms with Crippen LogP contribution in [0.4, 0.5) is 14.5 Å². The Morgan fingerprint density at radius 2 is 2.03 bits per heavy atom. The summed E-state index contributed by atoms with van der Waals surface area (Å²) in [5.41, 5.74) is 0.889. The number of hydrogen-bond donors (Lipinski definition) is 1. The van der Waals surface area contributed by atoms with Crippen LogP contribution in [0.25, 0.3) is 0 Å². The number of aromatic nitrogens is 3. The maximum Gasteiger partial charge on any atom is 0.234 e. The Hall–Kier alpha value is -3.20. The molecule has 156 valence electrons. The van der Waals surface area contributed by atoms with E-state index in [-0.39, 0.29) is 29.8 Å². The summed E-state index contributed by atoms with van der Waals surface area (Å²) in [6, 6.07) is 10.6. The maximum absolute atomic E-state index is 13.7. The highest BCUT2D eigenvalue weighted by molar-refractivity contribution is 7.99. The summed E-state index contributed by atoms with van der Waals surface area (Å²) in [5.74, 6) is -0.512. The number of ether oxygens (including phenoxy) is 1. The Morgan fingerprint density at radius 3 is 2.77 bits per heavy atom. The van der Waals surface area contributed by atoms with Gasteiger partial charge in [-0.3, -0.25) is 9.36 Å². The molecule has 0 bridgehead atoms. The van der Waals surface area contributed by atoms with Crippen molar-refractivity contribution in [2.45, 2.75) is 25.2 Å². The number of aryl methyl sites for hydroxylation is 1. The van der Waals surface area contributed by atoms with Crippen LogP contribution >= 0.6 is 11.8 Å². The first-order valence-electron chi connectivity index (χ1n) is 9.07. The molecule has 0 unspecified atom stereocenters. The third kappa shape index (κ3) is 5.44. The number of carbonyl (C=O) groups is 1. The molecule has 3 aromatic rings. The number of para-hydroxylation sites is 1. The largest absolute Gasteiger partial charge is 0.483 e. The minimum Gasteiger partial charge on any atom is -0.483 e. The zero-order valence-corrected chi connectivity index (χ0v) is 17.1. The van der Waals surface area contributed by atoms with Crippen molar-refractivity contribution in [3.8, 4) is 5.75 Å². The molecule has 6 nitrogen and oxygen atoms in total. The second-order valence-corrected chi connectivity index (χ2v) is 7.26. The van der Waals surface area contributed by atoms with E-state index in [9.17, 15) is 13.6 Å². The number of amides is 1. The van der Waals surface area contributed by atoms with Gasteiger partial charge in [-0.15, -0.1) is 16.8 Å². The summed E-state index contributed by atoms with van der Waals surface area (Å²) < 4.78 is 34.6. The minimum atomic E-state index is -0.467. The minimum absolute atomic E-state index is 0.0111. The van der Waals surface area contributed by atoms with Crippen molar-refractivity contribution in [1.29, 1.82) is 0 Å². The molecule has 1 heterocycles. The lowest BCUT2D eigenvalue weighted by molar-refractivity contribution is -0.113. The van der Waals surface area contributed by atoms with Crippen LogP contribution in [0.1, 0.15) is 11.4 Å². The monoisotopic (exact) mass is 430 g/mol. The third-order valence-electron chi connectivity index (χ3n) is 4.09. The maximum atomic E-state index is 13.7. The molecular formula is C21H20F2N4O2S. The second kappa shape index (κ2) is 10.0. The fraction of sp³-hybridized carbons (Fsp3) is 0.190. The fourth-order valence-electron chi connectivity index (χ4n) is 2.55. The van der Waals surface area contributed by atoms with Crippen LogP contribution in [0.15, 0.2) is 60.3 Å². The Bertz CT molecular complexity index is 1060. The van der Waals surface area contributed by atoms with Gasteiger partial charge in [-0.2, -0.15) is 0 Å². The van der Waals surface area contributed by atoms with Gasteiger partial charge in [0, 0.05) is 12.2 Å². The van der Waals surface area contributed by atoms with Gasteiger partial charge in [0.2, 0.25) is 5.91 Å². The molecule has 0 aliphatic rings. The van der Waals surface area contributed by atoms with E-state index in [1.165, 1.54) is 30.0 Å². The molecule has 0 aliphatic carbocycles. The van der Waals surface area contributed by atoms with E-state index in [0.717, 1.165) is 0 Å². The molecule has 0 atom stereocenters. The predicted octanol–water partition coefficient (Wildman–Crippen LogP) is 4.36. The average molecular weight is 430 g/mol. The van der Waals surface area contributed by atoms with Crippen LogP contribution < -0.4 is 10.1 Å². The van der Waals surface area contributed by atoms with Crippen molar-refractivity contribution in [2.75, 3.05) is 11.1 Å². The number of allylic oxidation sites excluding steroid dienone is 1. The van der Waals surface area contributed by atoms with Crippen LogP contribution in [0.3, 0.4) is 0 Å². The summed E-state index contributed by atoms with van der Waals surface area (Å²) in [6.45, 7) is 5.77. The van der Waals surface area contributed by atoms with Crippen molar-refractivity contribution >= 4 is 23.4 Å². The number of nitrogens with one attached hydrogen (secondary N) is 1. The lowest BCUT2D eigenvalue weighted by Gasteiger charge is -2.10. The highest BCUT2D eigenvalue weighted by Crippen LogP contribution is 2.21. The van der Waals surface area contributed by atoms with Crippen LogP contribution in [-0.4, -0.2) is 26.4 Å². The van der Waals surface area contributed by atoms with E-state index >= 15 is 0 Å². The van der Waals surface area contributed by atoms with E-state index in [0.29, 0.717) is 28.8 Å². The molecule has 2 aromatic carbocycles. The van der Waals surface area contributed by atoms with Gasteiger partial charge in [-0.05, 0) is 36.8 Å². The first-order chi connectivity index (χ1) is 14.5. The summed E-state index contributed by atoms with van der Waals surface area (Å²) in [6.07, 6.45) is 1.66. The molecular weight excluding hydrogens is 410 g/mol. The lowest BCUT2D eigenvalue weighted by atomic mass is 10.2. The molecule has 1 N–H and O–H groups in total. The van der Waals surface area contributed by atoms with Gasteiger partial charge in [-0.1, -0.05) is 36.0 Å². The van der Waals surface area contributed by atoms with Crippen molar-refractivity contribution < 1.29 is 18.3 Å².